The lowest BCUT2D eigenvalue weighted by Gasteiger charge is -2.13. The Labute approximate surface area is 109 Å². The first kappa shape index (κ1) is 12.3. The first-order valence-electron chi connectivity index (χ1n) is 6.37. The minimum absolute atomic E-state index is 0.188. The second-order valence-electron chi connectivity index (χ2n) is 4.82. The fourth-order valence-corrected chi connectivity index (χ4v) is 2.49. The van der Waals surface area contributed by atoms with Gasteiger partial charge in [0.15, 0.2) is 11.9 Å². The van der Waals surface area contributed by atoms with Crippen molar-refractivity contribution in [3.05, 3.63) is 22.4 Å². The number of aryl methyl sites for hydroxylation is 1. The van der Waals surface area contributed by atoms with Crippen molar-refractivity contribution in [2.45, 2.75) is 45.1 Å². The zero-order valence-corrected chi connectivity index (χ0v) is 10.8. The van der Waals surface area contributed by atoms with Gasteiger partial charge in [0.2, 0.25) is 0 Å². The first-order chi connectivity index (χ1) is 9.10. The van der Waals surface area contributed by atoms with E-state index in [1.807, 2.05) is 6.92 Å². The predicted octanol–water partition coefficient (Wildman–Crippen LogP) is 0.486. The van der Waals surface area contributed by atoms with E-state index in [4.69, 9.17) is 4.74 Å². The predicted molar refractivity (Wildman–Crippen MR) is 67.7 cm³/mol. The van der Waals surface area contributed by atoms with Crippen LogP contribution in [0.3, 0.4) is 0 Å². The smallest absolute Gasteiger partial charge is 0.262 e. The van der Waals surface area contributed by atoms with E-state index in [0.717, 1.165) is 6.42 Å². The topological polar surface area (TPSA) is 93.0 Å². The van der Waals surface area contributed by atoms with Gasteiger partial charge in [0.05, 0.1) is 18.4 Å². The van der Waals surface area contributed by atoms with Gasteiger partial charge in [-0.05, 0) is 13.3 Å². The fourth-order valence-electron chi connectivity index (χ4n) is 2.49. The van der Waals surface area contributed by atoms with E-state index in [-0.39, 0.29) is 17.9 Å². The summed E-state index contributed by atoms with van der Waals surface area (Å²) in [7, 11) is 0. The Morgan fingerprint density at radius 3 is 3.11 bits per heavy atom. The van der Waals surface area contributed by atoms with Gasteiger partial charge in [0.1, 0.15) is 11.2 Å². The van der Waals surface area contributed by atoms with E-state index >= 15 is 0 Å². The number of nitrogens with zero attached hydrogens (tertiary/aromatic N) is 3. The van der Waals surface area contributed by atoms with Crippen LogP contribution >= 0.6 is 0 Å². The summed E-state index contributed by atoms with van der Waals surface area (Å²) >= 11 is 0. The highest BCUT2D eigenvalue weighted by atomic mass is 16.5. The van der Waals surface area contributed by atoms with Crippen LogP contribution in [0, 0.1) is 6.92 Å². The lowest BCUT2D eigenvalue weighted by Crippen LogP contribution is -2.19. The summed E-state index contributed by atoms with van der Waals surface area (Å²) in [6, 6.07) is 0. The summed E-state index contributed by atoms with van der Waals surface area (Å²) in [4.78, 5) is 18.7. The molecule has 1 aliphatic rings. The van der Waals surface area contributed by atoms with Gasteiger partial charge in [0.25, 0.3) is 5.56 Å². The number of rotatable bonds is 2. The minimum atomic E-state index is -0.502. The number of aliphatic hydroxyl groups excluding tert-OH is 1. The molecule has 19 heavy (non-hydrogen) atoms. The van der Waals surface area contributed by atoms with Crippen LogP contribution in [-0.4, -0.2) is 37.1 Å². The summed E-state index contributed by atoms with van der Waals surface area (Å²) in [6.45, 7) is 3.68. The van der Waals surface area contributed by atoms with Gasteiger partial charge >= 0.3 is 0 Å². The second-order valence-corrected chi connectivity index (χ2v) is 4.82. The zero-order valence-electron chi connectivity index (χ0n) is 10.8. The highest BCUT2D eigenvalue weighted by molar-refractivity contribution is 5.73. The van der Waals surface area contributed by atoms with Crippen LogP contribution in [0.5, 0.6) is 0 Å². The van der Waals surface area contributed by atoms with Crippen molar-refractivity contribution in [3.63, 3.8) is 0 Å². The molecule has 7 nitrogen and oxygen atoms in total. The SMILES string of the molecule is CC[C@H]1O[C@@H](n2ncc3c(=O)[nH]c(C)nc32)C[C@H]1O. The standard InChI is InChI=1S/C12H16N4O3/c1-3-9-8(17)4-10(19-9)16-11-7(5-13-16)12(18)15-6(2)14-11/h5,8-10,17H,3-4H2,1-2H3,(H,14,15,18)/t8-,9-,10-/m1/s1. The van der Waals surface area contributed by atoms with Gasteiger partial charge in [-0.15, -0.1) is 0 Å². The van der Waals surface area contributed by atoms with Crippen LogP contribution in [0.2, 0.25) is 0 Å². The maximum Gasteiger partial charge on any atom is 0.262 e. The molecule has 2 N–H and O–H groups in total. The van der Waals surface area contributed by atoms with Crippen molar-refractivity contribution in [3.8, 4) is 0 Å². The molecule has 2 aromatic heterocycles. The number of nitrogens with one attached hydrogen (secondary N) is 1. The molecule has 1 saturated heterocycles. The number of fused-ring (bicyclic) bond motifs is 1. The zero-order chi connectivity index (χ0) is 13.6. The second kappa shape index (κ2) is 4.43. The van der Waals surface area contributed by atoms with Crippen molar-refractivity contribution in [2.75, 3.05) is 0 Å². The highest BCUT2D eigenvalue weighted by Gasteiger charge is 2.35. The van der Waals surface area contributed by atoms with Crippen LogP contribution < -0.4 is 5.56 Å². The van der Waals surface area contributed by atoms with Gasteiger partial charge in [-0.1, -0.05) is 6.92 Å². The minimum Gasteiger partial charge on any atom is -0.390 e. The van der Waals surface area contributed by atoms with Gasteiger partial charge in [-0.2, -0.15) is 5.10 Å². The third-order valence-electron chi connectivity index (χ3n) is 3.46. The van der Waals surface area contributed by atoms with Crippen molar-refractivity contribution < 1.29 is 9.84 Å². The Morgan fingerprint density at radius 1 is 1.63 bits per heavy atom. The van der Waals surface area contributed by atoms with E-state index < -0.39 is 6.10 Å². The summed E-state index contributed by atoms with van der Waals surface area (Å²) in [5, 5.41) is 14.5. The fraction of sp³-hybridized carbons (Fsp3) is 0.583. The average Bonchev–Trinajstić information content (AvgIpc) is 2.92. The Morgan fingerprint density at radius 2 is 2.42 bits per heavy atom. The molecule has 2 aromatic rings. The molecule has 0 radical (unpaired) electrons. The maximum absolute atomic E-state index is 11.8. The number of aromatic amines is 1. The molecular weight excluding hydrogens is 248 g/mol. The number of H-pyrrole nitrogens is 1. The summed E-state index contributed by atoms with van der Waals surface area (Å²) in [5.74, 6) is 0.532. The number of hydrogen-bond acceptors (Lipinski definition) is 5. The molecule has 7 heteroatoms. The third kappa shape index (κ3) is 1.95. The van der Waals surface area contributed by atoms with E-state index in [1.54, 1.807) is 11.6 Å². The number of aromatic nitrogens is 4. The Bertz CT molecular complexity index is 663. The van der Waals surface area contributed by atoms with Crippen molar-refractivity contribution in [2.24, 2.45) is 0 Å². The molecule has 0 saturated carbocycles. The largest absolute Gasteiger partial charge is 0.390 e. The van der Waals surface area contributed by atoms with Crippen LogP contribution in [0.25, 0.3) is 11.0 Å². The van der Waals surface area contributed by atoms with Crippen LogP contribution in [0.4, 0.5) is 0 Å². The molecule has 0 unspecified atom stereocenters. The van der Waals surface area contributed by atoms with E-state index in [0.29, 0.717) is 23.3 Å². The summed E-state index contributed by atoms with van der Waals surface area (Å²) in [6.07, 6.45) is 1.62. The molecule has 3 rings (SSSR count). The third-order valence-corrected chi connectivity index (χ3v) is 3.46. The normalized spacial score (nSPS) is 27.2. The van der Waals surface area contributed by atoms with Crippen molar-refractivity contribution in [1.82, 2.24) is 19.7 Å². The number of ether oxygens (including phenoxy) is 1. The quantitative estimate of drug-likeness (QED) is 0.823. The van der Waals surface area contributed by atoms with E-state index in [9.17, 15) is 9.90 Å². The lowest BCUT2D eigenvalue weighted by atomic mass is 10.1. The summed E-state index contributed by atoms with van der Waals surface area (Å²) < 4.78 is 7.33. The van der Waals surface area contributed by atoms with Crippen molar-refractivity contribution >= 4 is 11.0 Å². The van der Waals surface area contributed by atoms with E-state index in [2.05, 4.69) is 15.1 Å². The Kier molecular flexibility index (Phi) is 2.87. The highest BCUT2D eigenvalue weighted by Crippen LogP contribution is 2.31. The molecule has 0 bridgehead atoms. The molecule has 3 atom stereocenters. The van der Waals surface area contributed by atoms with Crippen LogP contribution in [0.1, 0.15) is 31.8 Å². The lowest BCUT2D eigenvalue weighted by molar-refractivity contribution is -0.0232. The van der Waals surface area contributed by atoms with Gasteiger partial charge in [-0.3, -0.25) is 4.79 Å². The first-order valence-corrected chi connectivity index (χ1v) is 6.37. The molecular formula is C12H16N4O3. The Balaban J connectivity index is 2.05. The molecule has 102 valence electrons. The summed E-state index contributed by atoms with van der Waals surface area (Å²) in [5.41, 5.74) is 0.287. The van der Waals surface area contributed by atoms with E-state index in [1.165, 1.54) is 6.20 Å². The van der Waals surface area contributed by atoms with Gasteiger partial charge in [0, 0.05) is 6.42 Å². The molecule has 0 aromatic carbocycles. The molecule has 0 aliphatic carbocycles. The maximum atomic E-state index is 11.8. The Hall–Kier alpha value is -1.73. The molecule has 0 spiro atoms. The monoisotopic (exact) mass is 264 g/mol. The van der Waals surface area contributed by atoms with Crippen molar-refractivity contribution in [1.29, 1.82) is 0 Å². The number of hydrogen-bond donors (Lipinski definition) is 2. The van der Waals surface area contributed by atoms with Crippen LogP contribution in [-0.2, 0) is 4.74 Å². The average molecular weight is 264 g/mol. The molecule has 1 fully saturated rings. The van der Waals surface area contributed by atoms with Gasteiger partial charge < -0.3 is 14.8 Å². The number of aliphatic hydroxyl groups is 1. The molecule has 1 aliphatic heterocycles. The molecule has 3 heterocycles. The van der Waals surface area contributed by atoms with Gasteiger partial charge in [-0.25, -0.2) is 9.67 Å². The van der Waals surface area contributed by atoms with Crippen LogP contribution in [0.15, 0.2) is 11.0 Å². The molecule has 0 amide bonds.